The fourth-order valence-corrected chi connectivity index (χ4v) is 2.17. The number of benzene rings is 1. The van der Waals surface area contributed by atoms with Gasteiger partial charge in [-0.25, -0.2) is 4.98 Å². The molecule has 1 aromatic heterocycles. The predicted octanol–water partition coefficient (Wildman–Crippen LogP) is 5.26. The first-order chi connectivity index (χ1) is 9.36. The van der Waals surface area contributed by atoms with E-state index < -0.39 is 0 Å². The molecule has 0 saturated heterocycles. The Balaban J connectivity index is 2.04. The van der Waals surface area contributed by atoms with Gasteiger partial charge in [0.15, 0.2) is 0 Å². The normalized spacial score (nSPS) is 11.4. The summed E-state index contributed by atoms with van der Waals surface area (Å²) in [4.78, 5) is 4.00. The van der Waals surface area contributed by atoms with Crippen LogP contribution in [-0.4, -0.2) is 4.98 Å². The number of pyridine rings is 1. The molecule has 0 amide bonds. The molecule has 2 aromatic rings. The van der Waals surface area contributed by atoms with Crippen molar-refractivity contribution >= 4 is 23.2 Å². The molecule has 0 atom stereocenters. The van der Waals surface area contributed by atoms with Gasteiger partial charge in [-0.15, -0.1) is 0 Å². The number of rotatable bonds is 3. The Labute approximate surface area is 129 Å². The summed E-state index contributed by atoms with van der Waals surface area (Å²) in [7, 11) is 0. The molecule has 0 saturated carbocycles. The van der Waals surface area contributed by atoms with Gasteiger partial charge in [0.25, 0.3) is 0 Å². The highest BCUT2D eigenvalue weighted by molar-refractivity contribution is 6.34. The van der Waals surface area contributed by atoms with E-state index in [1.54, 1.807) is 12.3 Å². The Hall–Kier alpha value is -1.25. The highest BCUT2D eigenvalue weighted by atomic mass is 35.5. The third-order valence-corrected chi connectivity index (χ3v) is 3.57. The SMILES string of the molecule is CC(C)(C)c1ccc(OCc2cnc(Cl)cc2Cl)cc1. The highest BCUT2D eigenvalue weighted by Crippen LogP contribution is 2.25. The van der Waals surface area contributed by atoms with Crippen LogP contribution >= 0.6 is 23.2 Å². The van der Waals surface area contributed by atoms with Crippen LogP contribution in [-0.2, 0) is 12.0 Å². The minimum absolute atomic E-state index is 0.141. The van der Waals surface area contributed by atoms with Crippen molar-refractivity contribution in [2.24, 2.45) is 0 Å². The van der Waals surface area contributed by atoms with Gasteiger partial charge >= 0.3 is 0 Å². The summed E-state index contributed by atoms with van der Waals surface area (Å²) in [6, 6.07) is 9.72. The number of aromatic nitrogens is 1. The third kappa shape index (κ3) is 3.87. The second kappa shape index (κ2) is 6.02. The van der Waals surface area contributed by atoms with Gasteiger partial charge in [0.2, 0.25) is 0 Å². The van der Waals surface area contributed by atoms with Gasteiger partial charge in [0, 0.05) is 11.8 Å². The largest absolute Gasteiger partial charge is 0.489 e. The zero-order chi connectivity index (χ0) is 14.8. The molecule has 20 heavy (non-hydrogen) atoms. The van der Waals surface area contributed by atoms with Gasteiger partial charge in [-0.1, -0.05) is 56.1 Å². The minimum atomic E-state index is 0.141. The van der Waals surface area contributed by atoms with E-state index in [1.165, 1.54) is 5.56 Å². The Morgan fingerprint density at radius 3 is 2.30 bits per heavy atom. The lowest BCUT2D eigenvalue weighted by atomic mass is 9.87. The number of hydrogen-bond donors (Lipinski definition) is 0. The first-order valence-corrected chi connectivity index (χ1v) is 7.15. The summed E-state index contributed by atoms with van der Waals surface area (Å²) in [5.74, 6) is 0.809. The standard InChI is InChI=1S/C16H17Cl2NO/c1-16(2,3)12-4-6-13(7-5-12)20-10-11-9-19-15(18)8-14(11)17/h4-9H,10H2,1-3H3. The Morgan fingerprint density at radius 1 is 1.10 bits per heavy atom. The zero-order valence-corrected chi connectivity index (χ0v) is 13.3. The van der Waals surface area contributed by atoms with E-state index in [-0.39, 0.29) is 5.41 Å². The molecule has 0 spiro atoms. The fraction of sp³-hybridized carbons (Fsp3) is 0.312. The number of ether oxygens (including phenoxy) is 1. The Morgan fingerprint density at radius 2 is 1.75 bits per heavy atom. The van der Waals surface area contributed by atoms with E-state index >= 15 is 0 Å². The van der Waals surface area contributed by atoms with Crippen molar-refractivity contribution < 1.29 is 4.74 Å². The van der Waals surface area contributed by atoms with Crippen molar-refractivity contribution in [3.8, 4) is 5.75 Å². The Kier molecular flexibility index (Phi) is 4.56. The predicted molar refractivity (Wildman–Crippen MR) is 83.7 cm³/mol. The van der Waals surface area contributed by atoms with Crippen LogP contribution in [0.2, 0.25) is 10.2 Å². The topological polar surface area (TPSA) is 22.1 Å². The van der Waals surface area contributed by atoms with Crippen LogP contribution in [0.4, 0.5) is 0 Å². The van der Waals surface area contributed by atoms with Crippen molar-refractivity contribution in [3.05, 3.63) is 57.8 Å². The number of hydrogen-bond acceptors (Lipinski definition) is 2. The van der Waals surface area contributed by atoms with Crippen molar-refractivity contribution in [1.29, 1.82) is 0 Å². The fourth-order valence-electron chi connectivity index (χ4n) is 1.75. The highest BCUT2D eigenvalue weighted by Gasteiger charge is 2.13. The van der Waals surface area contributed by atoms with Gasteiger partial charge in [-0.3, -0.25) is 0 Å². The quantitative estimate of drug-likeness (QED) is 0.721. The second-order valence-corrected chi connectivity index (χ2v) is 6.46. The van der Waals surface area contributed by atoms with Crippen LogP contribution in [0.15, 0.2) is 36.5 Å². The first-order valence-electron chi connectivity index (χ1n) is 6.39. The van der Waals surface area contributed by atoms with Gasteiger partial charge < -0.3 is 4.74 Å². The lowest BCUT2D eigenvalue weighted by molar-refractivity contribution is 0.305. The van der Waals surface area contributed by atoms with Gasteiger partial charge in [0.1, 0.15) is 17.5 Å². The monoisotopic (exact) mass is 309 g/mol. The molecule has 106 valence electrons. The maximum Gasteiger partial charge on any atom is 0.130 e. The number of nitrogens with zero attached hydrogens (tertiary/aromatic N) is 1. The van der Waals surface area contributed by atoms with Crippen LogP contribution in [0.1, 0.15) is 31.9 Å². The summed E-state index contributed by atoms with van der Waals surface area (Å²) in [6.07, 6.45) is 1.63. The van der Waals surface area contributed by atoms with Crippen LogP contribution in [0.25, 0.3) is 0 Å². The van der Waals surface area contributed by atoms with Crippen LogP contribution in [0, 0.1) is 0 Å². The summed E-state index contributed by atoms with van der Waals surface area (Å²) >= 11 is 11.8. The molecule has 0 aliphatic heterocycles. The molecule has 0 fully saturated rings. The van der Waals surface area contributed by atoms with Crippen molar-refractivity contribution in [3.63, 3.8) is 0 Å². The van der Waals surface area contributed by atoms with Crippen molar-refractivity contribution in [2.45, 2.75) is 32.8 Å². The average Bonchev–Trinajstić information content (AvgIpc) is 2.37. The lowest BCUT2D eigenvalue weighted by Gasteiger charge is -2.19. The maximum atomic E-state index is 6.08. The molecular weight excluding hydrogens is 293 g/mol. The van der Waals surface area contributed by atoms with E-state index in [1.807, 2.05) is 12.1 Å². The molecule has 0 N–H and O–H groups in total. The van der Waals surface area contributed by atoms with Gasteiger partial charge in [-0.05, 0) is 29.2 Å². The molecule has 0 aliphatic carbocycles. The molecule has 2 nitrogen and oxygen atoms in total. The zero-order valence-electron chi connectivity index (χ0n) is 11.8. The molecule has 0 unspecified atom stereocenters. The summed E-state index contributed by atoms with van der Waals surface area (Å²) in [5.41, 5.74) is 2.23. The van der Waals surface area contributed by atoms with Gasteiger partial charge in [-0.2, -0.15) is 0 Å². The van der Waals surface area contributed by atoms with Crippen molar-refractivity contribution in [2.75, 3.05) is 0 Å². The van der Waals surface area contributed by atoms with Crippen LogP contribution in [0.3, 0.4) is 0 Å². The van der Waals surface area contributed by atoms with Crippen LogP contribution in [0.5, 0.6) is 5.75 Å². The summed E-state index contributed by atoms with van der Waals surface area (Å²) < 4.78 is 5.71. The van der Waals surface area contributed by atoms with E-state index in [0.717, 1.165) is 11.3 Å². The third-order valence-electron chi connectivity index (χ3n) is 3.01. The summed E-state index contributed by atoms with van der Waals surface area (Å²) in [6.45, 7) is 6.92. The molecular formula is C16H17Cl2NO. The Bertz CT molecular complexity index is 588. The van der Waals surface area contributed by atoms with Crippen LogP contribution < -0.4 is 4.74 Å². The molecule has 1 heterocycles. The summed E-state index contributed by atoms with van der Waals surface area (Å²) in [5, 5.41) is 0.949. The lowest BCUT2D eigenvalue weighted by Crippen LogP contribution is -2.10. The molecule has 1 aromatic carbocycles. The smallest absolute Gasteiger partial charge is 0.130 e. The van der Waals surface area contributed by atoms with E-state index in [0.29, 0.717) is 16.8 Å². The number of halogens is 2. The van der Waals surface area contributed by atoms with E-state index in [4.69, 9.17) is 27.9 Å². The molecule has 4 heteroatoms. The molecule has 0 bridgehead atoms. The second-order valence-electron chi connectivity index (χ2n) is 5.66. The molecule has 0 aliphatic rings. The maximum absolute atomic E-state index is 6.08. The van der Waals surface area contributed by atoms with Crippen molar-refractivity contribution in [1.82, 2.24) is 4.98 Å². The van der Waals surface area contributed by atoms with E-state index in [2.05, 4.69) is 37.9 Å². The van der Waals surface area contributed by atoms with Gasteiger partial charge in [0.05, 0.1) is 5.02 Å². The average molecular weight is 310 g/mol. The van der Waals surface area contributed by atoms with E-state index in [9.17, 15) is 0 Å². The molecule has 0 radical (unpaired) electrons. The minimum Gasteiger partial charge on any atom is -0.489 e. The molecule has 2 rings (SSSR count). The first kappa shape index (κ1) is 15.1.